The molecule has 1 aliphatic heterocycles. The van der Waals surface area contributed by atoms with Gasteiger partial charge in [-0.25, -0.2) is 9.97 Å². The summed E-state index contributed by atoms with van der Waals surface area (Å²) in [5, 5.41) is 1.12. The summed E-state index contributed by atoms with van der Waals surface area (Å²) in [6.07, 6.45) is 3.69. The Morgan fingerprint density at radius 2 is 1.86 bits per heavy atom. The quantitative estimate of drug-likeness (QED) is 0.570. The fraction of sp³-hybridized carbons (Fsp3) is 0.136. The number of carbonyl (C=O) groups excluding carboxylic acids is 1. The van der Waals surface area contributed by atoms with Gasteiger partial charge in [-0.1, -0.05) is 18.2 Å². The number of anilines is 3. The molecular weight excluding hydrogens is 350 g/mol. The molecular formula is C22H19N5O. The summed E-state index contributed by atoms with van der Waals surface area (Å²) in [7, 11) is 1.78. The molecule has 0 bridgehead atoms. The predicted molar refractivity (Wildman–Crippen MR) is 111 cm³/mol. The average Bonchev–Trinajstić information content (AvgIpc) is 3.14. The SMILES string of the molecule is CCN1c2ncccc2C(=O)N(C)c2ccc(-c3c[nH]c4ccccc34)nc21. The van der Waals surface area contributed by atoms with Crippen LogP contribution in [-0.2, 0) is 0 Å². The molecule has 1 N–H and O–H groups in total. The van der Waals surface area contributed by atoms with Crippen LogP contribution in [0.4, 0.5) is 17.3 Å². The Morgan fingerprint density at radius 3 is 2.71 bits per heavy atom. The van der Waals surface area contributed by atoms with Crippen LogP contribution in [0.15, 0.2) is 60.9 Å². The van der Waals surface area contributed by atoms with Crippen LogP contribution in [0.5, 0.6) is 0 Å². The van der Waals surface area contributed by atoms with Crippen molar-refractivity contribution >= 4 is 34.1 Å². The van der Waals surface area contributed by atoms with Gasteiger partial charge in [-0.15, -0.1) is 0 Å². The number of para-hydroxylation sites is 1. The number of aromatic amines is 1. The Bertz CT molecular complexity index is 1210. The maximum atomic E-state index is 13.0. The Balaban J connectivity index is 1.74. The first kappa shape index (κ1) is 16.5. The third-order valence-electron chi connectivity index (χ3n) is 5.23. The van der Waals surface area contributed by atoms with E-state index in [4.69, 9.17) is 4.98 Å². The summed E-state index contributed by atoms with van der Waals surface area (Å²) >= 11 is 0. The molecule has 5 rings (SSSR count). The number of benzene rings is 1. The number of carbonyl (C=O) groups is 1. The summed E-state index contributed by atoms with van der Waals surface area (Å²) < 4.78 is 0. The number of H-pyrrole nitrogens is 1. The van der Waals surface area contributed by atoms with Gasteiger partial charge in [0.1, 0.15) is 5.82 Å². The highest BCUT2D eigenvalue weighted by molar-refractivity contribution is 6.12. The fourth-order valence-electron chi connectivity index (χ4n) is 3.80. The van der Waals surface area contributed by atoms with Gasteiger partial charge in [0.25, 0.3) is 5.91 Å². The summed E-state index contributed by atoms with van der Waals surface area (Å²) in [6.45, 7) is 2.69. The second-order valence-electron chi connectivity index (χ2n) is 6.77. The summed E-state index contributed by atoms with van der Waals surface area (Å²) in [4.78, 5) is 29.4. The van der Waals surface area contributed by atoms with Gasteiger partial charge in [0.2, 0.25) is 0 Å². The van der Waals surface area contributed by atoms with Crippen molar-refractivity contribution in [2.75, 3.05) is 23.4 Å². The number of fused-ring (bicyclic) bond motifs is 3. The van der Waals surface area contributed by atoms with Crippen molar-refractivity contribution in [1.82, 2.24) is 15.0 Å². The minimum atomic E-state index is -0.0815. The Morgan fingerprint density at radius 1 is 1.00 bits per heavy atom. The van der Waals surface area contributed by atoms with E-state index in [-0.39, 0.29) is 5.91 Å². The lowest BCUT2D eigenvalue weighted by molar-refractivity contribution is 0.0994. The molecule has 6 nitrogen and oxygen atoms in total. The summed E-state index contributed by atoms with van der Waals surface area (Å²) in [5.41, 5.74) is 4.32. The van der Waals surface area contributed by atoms with E-state index in [1.165, 1.54) is 0 Å². The summed E-state index contributed by atoms with van der Waals surface area (Å²) in [6, 6.07) is 15.7. The standard InChI is InChI=1S/C22H19N5O/c1-3-27-20-15(8-6-12-23-20)22(28)26(2)19-11-10-18(25-21(19)27)16-13-24-17-9-5-4-7-14(16)17/h4-13,24H,3H2,1-2H3. The molecule has 4 aromatic rings. The molecule has 4 heterocycles. The van der Waals surface area contributed by atoms with Crippen molar-refractivity contribution in [3.05, 3.63) is 66.5 Å². The number of rotatable bonds is 2. The molecule has 0 atom stereocenters. The molecule has 0 radical (unpaired) electrons. The first-order valence-electron chi connectivity index (χ1n) is 9.27. The smallest absolute Gasteiger partial charge is 0.261 e. The predicted octanol–water partition coefficient (Wildman–Crippen LogP) is 4.37. The van der Waals surface area contributed by atoms with E-state index in [1.807, 2.05) is 54.4 Å². The van der Waals surface area contributed by atoms with Crippen molar-refractivity contribution < 1.29 is 4.79 Å². The van der Waals surface area contributed by atoms with Gasteiger partial charge < -0.3 is 14.8 Å². The van der Waals surface area contributed by atoms with E-state index in [1.54, 1.807) is 24.2 Å². The van der Waals surface area contributed by atoms with E-state index < -0.39 is 0 Å². The van der Waals surface area contributed by atoms with Crippen LogP contribution in [0.1, 0.15) is 17.3 Å². The minimum Gasteiger partial charge on any atom is -0.360 e. The fourth-order valence-corrected chi connectivity index (χ4v) is 3.80. The molecule has 1 aromatic carbocycles. The topological polar surface area (TPSA) is 65.1 Å². The lowest BCUT2D eigenvalue weighted by Gasteiger charge is -2.23. The molecule has 0 unspecified atom stereocenters. The molecule has 1 amide bonds. The van der Waals surface area contributed by atoms with E-state index >= 15 is 0 Å². The number of aromatic nitrogens is 3. The van der Waals surface area contributed by atoms with E-state index in [9.17, 15) is 4.79 Å². The van der Waals surface area contributed by atoms with E-state index in [2.05, 4.69) is 16.0 Å². The van der Waals surface area contributed by atoms with Crippen molar-refractivity contribution in [3.8, 4) is 11.3 Å². The normalized spacial score (nSPS) is 13.4. The van der Waals surface area contributed by atoms with Gasteiger partial charge in [0.15, 0.2) is 5.82 Å². The third-order valence-corrected chi connectivity index (χ3v) is 5.23. The first-order valence-corrected chi connectivity index (χ1v) is 9.27. The molecule has 6 heteroatoms. The zero-order valence-corrected chi connectivity index (χ0v) is 15.7. The monoisotopic (exact) mass is 369 g/mol. The Labute approximate surface area is 162 Å². The maximum absolute atomic E-state index is 13.0. The molecule has 138 valence electrons. The molecule has 3 aromatic heterocycles. The van der Waals surface area contributed by atoms with E-state index in [0.29, 0.717) is 17.9 Å². The minimum absolute atomic E-state index is 0.0815. The second kappa shape index (κ2) is 6.20. The largest absolute Gasteiger partial charge is 0.360 e. The van der Waals surface area contributed by atoms with Crippen molar-refractivity contribution in [2.24, 2.45) is 0 Å². The molecule has 0 fully saturated rings. The lowest BCUT2D eigenvalue weighted by atomic mass is 10.1. The number of amides is 1. The van der Waals surface area contributed by atoms with Gasteiger partial charge in [-0.05, 0) is 37.3 Å². The number of pyridine rings is 2. The zero-order valence-electron chi connectivity index (χ0n) is 15.7. The number of hydrogen-bond donors (Lipinski definition) is 1. The lowest BCUT2D eigenvalue weighted by Crippen LogP contribution is -2.25. The molecule has 0 saturated carbocycles. The van der Waals surface area contributed by atoms with Crippen LogP contribution >= 0.6 is 0 Å². The molecule has 0 spiro atoms. The highest BCUT2D eigenvalue weighted by Gasteiger charge is 2.30. The second-order valence-corrected chi connectivity index (χ2v) is 6.77. The van der Waals surface area contributed by atoms with E-state index in [0.717, 1.165) is 33.7 Å². The van der Waals surface area contributed by atoms with Crippen LogP contribution in [0.2, 0.25) is 0 Å². The van der Waals surface area contributed by atoms with Gasteiger partial charge in [0.05, 0.1) is 16.9 Å². The van der Waals surface area contributed by atoms with Crippen LogP contribution in [0.3, 0.4) is 0 Å². The number of hydrogen-bond acceptors (Lipinski definition) is 4. The number of nitrogens with one attached hydrogen (secondary N) is 1. The van der Waals surface area contributed by atoms with Crippen LogP contribution in [0.25, 0.3) is 22.2 Å². The summed E-state index contributed by atoms with van der Waals surface area (Å²) in [5.74, 6) is 1.30. The van der Waals surface area contributed by atoms with Crippen molar-refractivity contribution in [3.63, 3.8) is 0 Å². The Hall–Kier alpha value is -3.67. The van der Waals surface area contributed by atoms with Crippen molar-refractivity contribution in [2.45, 2.75) is 6.92 Å². The van der Waals surface area contributed by atoms with Crippen LogP contribution < -0.4 is 9.80 Å². The maximum Gasteiger partial charge on any atom is 0.261 e. The molecule has 0 aliphatic carbocycles. The van der Waals surface area contributed by atoms with Crippen LogP contribution in [0, 0.1) is 0 Å². The van der Waals surface area contributed by atoms with Crippen molar-refractivity contribution in [1.29, 1.82) is 0 Å². The first-order chi connectivity index (χ1) is 13.7. The number of nitrogens with zero attached hydrogens (tertiary/aromatic N) is 4. The highest BCUT2D eigenvalue weighted by Crippen LogP contribution is 2.39. The Kier molecular flexibility index (Phi) is 3.65. The van der Waals surface area contributed by atoms with Gasteiger partial charge in [-0.2, -0.15) is 0 Å². The third kappa shape index (κ3) is 2.31. The molecule has 28 heavy (non-hydrogen) atoms. The van der Waals surface area contributed by atoms with Gasteiger partial charge in [0, 0.05) is 42.5 Å². The zero-order chi connectivity index (χ0) is 19.3. The molecule has 0 saturated heterocycles. The average molecular weight is 369 g/mol. The van der Waals surface area contributed by atoms with Gasteiger partial charge in [-0.3, -0.25) is 4.79 Å². The highest BCUT2D eigenvalue weighted by atomic mass is 16.2. The molecule has 1 aliphatic rings. The van der Waals surface area contributed by atoms with Gasteiger partial charge >= 0.3 is 0 Å². The van der Waals surface area contributed by atoms with Crippen LogP contribution in [-0.4, -0.2) is 34.5 Å².